The zero-order valence-electron chi connectivity index (χ0n) is 15.3. The topological polar surface area (TPSA) is 138 Å². The summed E-state index contributed by atoms with van der Waals surface area (Å²) in [7, 11) is -9.36. The number of hydrogen-bond donors (Lipinski definition) is 0. The Labute approximate surface area is 193 Å². The van der Waals surface area contributed by atoms with Crippen LogP contribution < -0.4 is 29.6 Å². The number of carbonyl (C=O) groups excluding carboxylic acids is 2. The van der Waals surface area contributed by atoms with E-state index in [-0.39, 0.29) is 61.4 Å². The molecule has 3 aromatic carbocycles. The summed E-state index contributed by atoms with van der Waals surface area (Å²) in [5.74, 6) is -2.21. The van der Waals surface area contributed by atoms with E-state index < -0.39 is 36.9 Å². The predicted molar refractivity (Wildman–Crippen MR) is 97.1 cm³/mol. The first-order valence-electron chi connectivity index (χ1n) is 8.01. The van der Waals surface area contributed by atoms with E-state index in [1.54, 1.807) is 6.07 Å². The van der Waals surface area contributed by atoms with Gasteiger partial charge in [-0.1, -0.05) is 30.3 Å². The first kappa shape index (κ1) is 22.6. The van der Waals surface area contributed by atoms with Crippen molar-refractivity contribution in [2.45, 2.75) is 9.79 Å². The van der Waals surface area contributed by atoms with Crippen molar-refractivity contribution in [1.82, 2.24) is 5.06 Å². The molecule has 0 N–H and O–H groups in total. The molecule has 0 aliphatic carbocycles. The van der Waals surface area contributed by atoms with E-state index in [1.807, 2.05) is 0 Å². The maximum Gasteiger partial charge on any atom is 1.00 e. The minimum absolute atomic E-state index is 0. The Bertz CT molecular complexity index is 1380. The molecule has 3 aromatic rings. The van der Waals surface area contributed by atoms with Gasteiger partial charge in [0.1, 0.15) is 10.1 Å². The van der Waals surface area contributed by atoms with Gasteiger partial charge in [0.25, 0.3) is 11.8 Å². The number of hydrogen-bond acceptors (Lipinski definition) is 8. The van der Waals surface area contributed by atoms with Gasteiger partial charge in [-0.25, -0.2) is 8.42 Å². The molecule has 0 fully saturated rings. The molecule has 1 aliphatic rings. The third kappa shape index (κ3) is 3.69. The molecule has 0 atom stereocenters. The minimum atomic E-state index is -4.87. The molecule has 1 heterocycles. The molecule has 0 radical (unpaired) electrons. The second-order valence-corrected chi connectivity index (χ2v) is 8.92. The molecule has 4 rings (SSSR count). The molecule has 148 valence electrons. The Morgan fingerprint density at radius 1 is 0.767 bits per heavy atom. The Balaban J connectivity index is 0.00000256. The van der Waals surface area contributed by atoms with Gasteiger partial charge in [-0.15, -0.1) is 9.35 Å². The first-order valence-corrected chi connectivity index (χ1v) is 10.8. The van der Waals surface area contributed by atoms with E-state index in [1.165, 1.54) is 42.5 Å². The molecule has 12 heteroatoms. The molecule has 30 heavy (non-hydrogen) atoms. The number of nitrogens with zero attached hydrogens (tertiary/aromatic N) is 1. The molecule has 2 amide bonds. The van der Waals surface area contributed by atoms with Gasteiger partial charge in [-0.2, -0.15) is 8.42 Å². The van der Waals surface area contributed by atoms with Crippen LogP contribution in [0, 0.1) is 0 Å². The average Bonchev–Trinajstić information content (AvgIpc) is 2.68. The van der Waals surface area contributed by atoms with E-state index in [0.29, 0.717) is 0 Å². The van der Waals surface area contributed by atoms with Crippen LogP contribution in [-0.4, -0.2) is 38.3 Å². The standard InChI is InChI=1S/C18H11NO8S2.Na/c20-17-13-8-4-7-12-15(28(22,23)24)10-9-14(16(12)13)18(21)19(17)27-29(25,26)11-5-2-1-3-6-11;/h1-10H,(H,22,23,24);/q;+1/p-1. The quantitative estimate of drug-likeness (QED) is 0.268. The fourth-order valence-electron chi connectivity index (χ4n) is 3.06. The van der Waals surface area contributed by atoms with Crippen molar-refractivity contribution in [3.8, 4) is 0 Å². The molecular weight excluding hydrogens is 445 g/mol. The molecular formula is C18H10NNaO8S2. The number of benzene rings is 3. The van der Waals surface area contributed by atoms with Gasteiger partial charge < -0.3 is 4.55 Å². The third-order valence-electron chi connectivity index (χ3n) is 4.30. The van der Waals surface area contributed by atoms with Gasteiger partial charge in [-0.05, 0) is 30.3 Å². The van der Waals surface area contributed by atoms with E-state index in [0.717, 1.165) is 12.1 Å². The van der Waals surface area contributed by atoms with Crippen molar-refractivity contribution in [3.05, 3.63) is 71.8 Å². The Morgan fingerprint density at radius 2 is 1.37 bits per heavy atom. The Hall–Kier alpha value is -2.12. The summed E-state index contributed by atoms with van der Waals surface area (Å²) in [6.45, 7) is 0. The molecule has 0 bridgehead atoms. The van der Waals surface area contributed by atoms with Crippen LogP contribution in [0.3, 0.4) is 0 Å². The van der Waals surface area contributed by atoms with Crippen LogP contribution in [0.5, 0.6) is 0 Å². The maximum atomic E-state index is 12.8. The molecule has 9 nitrogen and oxygen atoms in total. The summed E-state index contributed by atoms with van der Waals surface area (Å²) in [4.78, 5) is 24.7. The maximum absolute atomic E-state index is 12.8. The van der Waals surface area contributed by atoms with Crippen molar-refractivity contribution >= 4 is 42.8 Å². The average molecular weight is 455 g/mol. The summed E-state index contributed by atoms with van der Waals surface area (Å²) in [5, 5.41) is -0.0659. The van der Waals surface area contributed by atoms with Gasteiger partial charge in [0.2, 0.25) is 0 Å². The van der Waals surface area contributed by atoms with Gasteiger partial charge >= 0.3 is 39.7 Å². The molecule has 0 saturated heterocycles. The van der Waals surface area contributed by atoms with Gasteiger partial charge in [0.05, 0.1) is 20.9 Å². The fourth-order valence-corrected chi connectivity index (χ4v) is 4.64. The van der Waals surface area contributed by atoms with Crippen LogP contribution in [-0.2, 0) is 24.5 Å². The van der Waals surface area contributed by atoms with E-state index in [2.05, 4.69) is 0 Å². The van der Waals surface area contributed by atoms with Crippen LogP contribution in [0.25, 0.3) is 10.8 Å². The second kappa shape index (κ2) is 7.85. The third-order valence-corrected chi connectivity index (χ3v) is 6.39. The molecule has 0 unspecified atom stereocenters. The summed E-state index contributed by atoms with van der Waals surface area (Å²) in [5.41, 5.74) is -0.350. The van der Waals surface area contributed by atoms with E-state index in [9.17, 15) is 31.0 Å². The number of imide groups is 1. The van der Waals surface area contributed by atoms with Crippen LogP contribution in [0.4, 0.5) is 0 Å². The first-order chi connectivity index (χ1) is 13.6. The zero-order chi connectivity index (χ0) is 21.0. The van der Waals surface area contributed by atoms with Gasteiger partial charge in [-0.3, -0.25) is 9.59 Å². The Kier molecular flexibility index (Phi) is 5.91. The van der Waals surface area contributed by atoms with E-state index in [4.69, 9.17) is 4.28 Å². The van der Waals surface area contributed by atoms with Crippen LogP contribution in [0.1, 0.15) is 20.7 Å². The molecule has 1 aliphatic heterocycles. The number of rotatable bonds is 4. The number of hydroxylamine groups is 2. The second-order valence-electron chi connectivity index (χ2n) is 6.04. The fraction of sp³-hybridized carbons (Fsp3) is 0. The van der Waals surface area contributed by atoms with Crippen molar-refractivity contribution in [3.63, 3.8) is 0 Å². The van der Waals surface area contributed by atoms with Gasteiger partial charge in [0, 0.05) is 10.8 Å². The van der Waals surface area contributed by atoms with Crippen molar-refractivity contribution in [1.29, 1.82) is 0 Å². The van der Waals surface area contributed by atoms with Crippen LogP contribution in [0.2, 0.25) is 0 Å². The molecule has 0 aromatic heterocycles. The van der Waals surface area contributed by atoms with Crippen LogP contribution >= 0.6 is 0 Å². The largest absolute Gasteiger partial charge is 1.00 e. The summed E-state index contributed by atoms with van der Waals surface area (Å²) in [6, 6.07) is 12.8. The number of carbonyl (C=O) groups is 2. The van der Waals surface area contributed by atoms with Crippen LogP contribution in [0.15, 0.2) is 70.5 Å². The summed E-state index contributed by atoms with van der Waals surface area (Å²) in [6.07, 6.45) is 0. The van der Waals surface area contributed by atoms with Crippen molar-refractivity contribution < 1.29 is 64.8 Å². The SMILES string of the molecule is O=C1c2cccc3c(S(=O)(=O)[O-])ccc(c23)C(=O)N1OS(=O)(=O)c1ccccc1.[Na+]. The summed E-state index contributed by atoms with van der Waals surface area (Å²) >= 11 is 0. The molecule has 0 spiro atoms. The minimum Gasteiger partial charge on any atom is -0.744 e. The summed E-state index contributed by atoms with van der Waals surface area (Å²) < 4.78 is 64.2. The number of amides is 2. The predicted octanol–water partition coefficient (Wildman–Crippen LogP) is -1.34. The normalized spacial score (nSPS) is 14.0. The van der Waals surface area contributed by atoms with Crippen molar-refractivity contribution in [2.24, 2.45) is 0 Å². The van der Waals surface area contributed by atoms with Crippen molar-refractivity contribution in [2.75, 3.05) is 0 Å². The smallest absolute Gasteiger partial charge is 0.744 e. The molecule has 0 saturated carbocycles. The monoisotopic (exact) mass is 455 g/mol. The zero-order valence-corrected chi connectivity index (χ0v) is 18.9. The Morgan fingerprint density at radius 3 is 1.97 bits per heavy atom. The van der Waals surface area contributed by atoms with Gasteiger partial charge in [0.15, 0.2) is 0 Å². The van der Waals surface area contributed by atoms with E-state index >= 15 is 0 Å².